The van der Waals surface area contributed by atoms with Crippen LogP contribution in [0.1, 0.15) is 5.82 Å². The molecule has 0 spiro atoms. The molecule has 2 rings (SSSR count). The molecule has 0 saturated carbocycles. The van der Waals surface area contributed by atoms with Crippen LogP contribution in [0.15, 0.2) is 30.6 Å². The number of aromatic nitrogens is 3. The van der Waals surface area contributed by atoms with E-state index in [-0.39, 0.29) is 0 Å². The summed E-state index contributed by atoms with van der Waals surface area (Å²) >= 11 is 0. The van der Waals surface area contributed by atoms with Crippen molar-refractivity contribution in [1.29, 1.82) is 0 Å². The minimum Gasteiger partial charge on any atom is -0.497 e. The molecule has 0 radical (unpaired) electrons. The second-order valence-corrected chi connectivity index (χ2v) is 3.02. The summed E-state index contributed by atoms with van der Waals surface area (Å²) in [4.78, 5) is 0. The summed E-state index contributed by atoms with van der Waals surface area (Å²) in [6.07, 6.45) is 1.64. The summed E-state index contributed by atoms with van der Waals surface area (Å²) in [6.45, 7) is 0.367. The third kappa shape index (κ3) is 1.82. The second-order valence-electron chi connectivity index (χ2n) is 3.02. The molecule has 5 nitrogen and oxygen atoms in total. The highest BCUT2D eigenvalue weighted by Gasteiger charge is 2.03. The van der Waals surface area contributed by atoms with E-state index in [0.29, 0.717) is 6.54 Å². The van der Waals surface area contributed by atoms with E-state index < -0.39 is 0 Å². The minimum absolute atomic E-state index is 0.367. The van der Waals surface area contributed by atoms with Crippen LogP contribution >= 0.6 is 0 Å². The molecule has 1 heterocycles. The van der Waals surface area contributed by atoms with Crippen LogP contribution in [-0.2, 0) is 6.54 Å². The highest BCUT2D eigenvalue weighted by Crippen LogP contribution is 2.15. The number of ether oxygens (including phenoxy) is 1. The Morgan fingerprint density at radius 1 is 1.33 bits per heavy atom. The normalized spacial score (nSPS) is 10.3. The molecule has 2 N–H and O–H groups in total. The zero-order valence-electron chi connectivity index (χ0n) is 8.42. The average molecular weight is 204 g/mol. The molecule has 0 aliphatic carbocycles. The van der Waals surface area contributed by atoms with Crippen LogP contribution in [0, 0.1) is 0 Å². The van der Waals surface area contributed by atoms with Gasteiger partial charge in [0.2, 0.25) is 0 Å². The van der Waals surface area contributed by atoms with Crippen molar-refractivity contribution < 1.29 is 4.74 Å². The van der Waals surface area contributed by atoms with Crippen LogP contribution in [0.3, 0.4) is 0 Å². The first-order chi connectivity index (χ1) is 7.35. The van der Waals surface area contributed by atoms with Crippen molar-refractivity contribution >= 4 is 0 Å². The lowest BCUT2D eigenvalue weighted by atomic mass is 10.3. The SMILES string of the molecule is COc1ccc(-n2cnnc2CN)cc1. The number of benzene rings is 1. The largest absolute Gasteiger partial charge is 0.497 e. The lowest BCUT2D eigenvalue weighted by molar-refractivity contribution is 0.414. The van der Waals surface area contributed by atoms with E-state index in [1.165, 1.54) is 0 Å². The third-order valence-corrected chi connectivity index (χ3v) is 2.15. The fourth-order valence-corrected chi connectivity index (χ4v) is 1.36. The van der Waals surface area contributed by atoms with E-state index >= 15 is 0 Å². The molecule has 0 aliphatic rings. The Balaban J connectivity index is 2.37. The summed E-state index contributed by atoms with van der Waals surface area (Å²) in [5.74, 6) is 1.56. The van der Waals surface area contributed by atoms with Crippen LogP contribution in [-0.4, -0.2) is 21.9 Å². The molecular formula is C10H12N4O. The Kier molecular flexibility index (Phi) is 2.64. The van der Waals surface area contributed by atoms with Crippen molar-refractivity contribution in [1.82, 2.24) is 14.8 Å². The molecule has 0 saturated heterocycles. The zero-order valence-corrected chi connectivity index (χ0v) is 8.42. The topological polar surface area (TPSA) is 66.0 Å². The van der Waals surface area contributed by atoms with Gasteiger partial charge in [-0.3, -0.25) is 4.57 Å². The number of nitrogens with two attached hydrogens (primary N) is 1. The molecule has 0 atom stereocenters. The molecule has 1 aromatic heterocycles. The van der Waals surface area contributed by atoms with Crippen molar-refractivity contribution in [2.75, 3.05) is 7.11 Å². The van der Waals surface area contributed by atoms with Crippen molar-refractivity contribution in [2.24, 2.45) is 5.73 Å². The van der Waals surface area contributed by atoms with Gasteiger partial charge in [-0.25, -0.2) is 0 Å². The average Bonchev–Trinajstić information content (AvgIpc) is 2.77. The summed E-state index contributed by atoms with van der Waals surface area (Å²) in [6, 6.07) is 7.63. The number of methoxy groups -OCH3 is 1. The van der Waals surface area contributed by atoms with Crippen LogP contribution in [0.25, 0.3) is 5.69 Å². The molecule has 1 aromatic carbocycles. The lowest BCUT2D eigenvalue weighted by Gasteiger charge is -2.05. The highest BCUT2D eigenvalue weighted by molar-refractivity contribution is 5.37. The molecular weight excluding hydrogens is 192 g/mol. The summed E-state index contributed by atoms with van der Waals surface area (Å²) in [7, 11) is 1.64. The van der Waals surface area contributed by atoms with Gasteiger partial charge in [0, 0.05) is 5.69 Å². The van der Waals surface area contributed by atoms with Crippen LogP contribution in [0.4, 0.5) is 0 Å². The maximum Gasteiger partial charge on any atom is 0.151 e. The van der Waals surface area contributed by atoms with Gasteiger partial charge in [0.1, 0.15) is 12.1 Å². The Morgan fingerprint density at radius 2 is 2.07 bits per heavy atom. The molecule has 0 amide bonds. The van der Waals surface area contributed by atoms with E-state index in [0.717, 1.165) is 17.3 Å². The van der Waals surface area contributed by atoms with Gasteiger partial charge in [-0.15, -0.1) is 10.2 Å². The molecule has 0 fully saturated rings. The van der Waals surface area contributed by atoms with Crippen molar-refractivity contribution in [2.45, 2.75) is 6.54 Å². The van der Waals surface area contributed by atoms with Gasteiger partial charge in [0.15, 0.2) is 5.82 Å². The molecule has 0 bridgehead atoms. The standard InChI is InChI=1S/C10H12N4O/c1-15-9-4-2-8(3-5-9)14-7-12-13-10(14)6-11/h2-5,7H,6,11H2,1H3. The van der Waals surface area contributed by atoms with Gasteiger partial charge in [-0.05, 0) is 24.3 Å². The van der Waals surface area contributed by atoms with Crippen LogP contribution in [0.2, 0.25) is 0 Å². The molecule has 0 aliphatic heterocycles. The first-order valence-corrected chi connectivity index (χ1v) is 4.58. The minimum atomic E-state index is 0.367. The van der Waals surface area contributed by atoms with E-state index in [2.05, 4.69) is 10.2 Å². The third-order valence-electron chi connectivity index (χ3n) is 2.15. The van der Waals surface area contributed by atoms with E-state index in [4.69, 9.17) is 10.5 Å². The van der Waals surface area contributed by atoms with Gasteiger partial charge < -0.3 is 10.5 Å². The number of hydrogen-bond donors (Lipinski definition) is 1. The second kappa shape index (κ2) is 4.10. The van der Waals surface area contributed by atoms with Gasteiger partial charge in [-0.1, -0.05) is 0 Å². The molecule has 0 unspecified atom stereocenters. The monoisotopic (exact) mass is 204 g/mol. The van der Waals surface area contributed by atoms with E-state index in [1.807, 2.05) is 28.8 Å². The van der Waals surface area contributed by atoms with Crippen molar-refractivity contribution in [3.63, 3.8) is 0 Å². The number of nitrogens with zero attached hydrogens (tertiary/aromatic N) is 3. The maximum atomic E-state index is 5.54. The van der Waals surface area contributed by atoms with Gasteiger partial charge >= 0.3 is 0 Å². The summed E-state index contributed by atoms with van der Waals surface area (Å²) in [5.41, 5.74) is 6.51. The van der Waals surface area contributed by atoms with Crippen LogP contribution in [0.5, 0.6) is 5.75 Å². The Labute approximate surface area is 87.5 Å². The van der Waals surface area contributed by atoms with E-state index in [1.54, 1.807) is 13.4 Å². The molecule has 5 heteroatoms. The lowest BCUT2D eigenvalue weighted by Crippen LogP contribution is -2.06. The van der Waals surface area contributed by atoms with Crippen LogP contribution < -0.4 is 10.5 Å². The first kappa shape index (κ1) is 9.67. The smallest absolute Gasteiger partial charge is 0.151 e. The highest BCUT2D eigenvalue weighted by atomic mass is 16.5. The number of hydrogen-bond acceptors (Lipinski definition) is 4. The van der Waals surface area contributed by atoms with Gasteiger partial charge in [0.05, 0.1) is 13.7 Å². The Morgan fingerprint density at radius 3 is 2.67 bits per heavy atom. The van der Waals surface area contributed by atoms with Gasteiger partial charge in [0.25, 0.3) is 0 Å². The molecule has 2 aromatic rings. The predicted octanol–water partition coefficient (Wildman–Crippen LogP) is 0.735. The summed E-state index contributed by atoms with van der Waals surface area (Å²) in [5, 5.41) is 7.72. The zero-order chi connectivity index (χ0) is 10.7. The van der Waals surface area contributed by atoms with Gasteiger partial charge in [-0.2, -0.15) is 0 Å². The van der Waals surface area contributed by atoms with Crippen molar-refractivity contribution in [3.05, 3.63) is 36.4 Å². The quantitative estimate of drug-likeness (QED) is 0.800. The fourth-order valence-electron chi connectivity index (χ4n) is 1.36. The fraction of sp³-hybridized carbons (Fsp3) is 0.200. The number of rotatable bonds is 3. The molecule has 15 heavy (non-hydrogen) atoms. The summed E-state index contributed by atoms with van der Waals surface area (Å²) < 4.78 is 6.92. The maximum absolute atomic E-state index is 5.54. The van der Waals surface area contributed by atoms with E-state index in [9.17, 15) is 0 Å². The Hall–Kier alpha value is -1.88. The first-order valence-electron chi connectivity index (χ1n) is 4.58. The predicted molar refractivity (Wildman–Crippen MR) is 55.8 cm³/mol. The van der Waals surface area contributed by atoms with Crippen molar-refractivity contribution in [3.8, 4) is 11.4 Å². The Bertz CT molecular complexity index is 435. The molecule has 78 valence electrons.